The number of nitrogens with zero attached hydrogens (tertiary/aromatic N) is 3. The van der Waals surface area contributed by atoms with Gasteiger partial charge in [-0.3, -0.25) is 4.79 Å². The molecule has 0 N–H and O–H groups in total. The summed E-state index contributed by atoms with van der Waals surface area (Å²) in [5.74, 6) is -0.0950. The molecule has 1 aliphatic heterocycles. The second kappa shape index (κ2) is 6.81. The van der Waals surface area contributed by atoms with Gasteiger partial charge in [0.15, 0.2) is 9.84 Å². The fraction of sp³-hybridized carbons (Fsp3) is 0.300. The molecule has 1 fully saturated rings. The standard InChI is InChI=1S/C20H21N3O3S/c1-15-6-5-9-19-21-18(13-22(15)19)20(24)23(12-16-7-3-2-4-8-16)17-10-11-27(25,26)14-17/h2-9,13,17H,10-12,14H2,1H3/t17-/m1/s1. The predicted octanol–water partition coefficient (Wildman–Crippen LogP) is 2.47. The van der Waals surface area contributed by atoms with Gasteiger partial charge in [-0.2, -0.15) is 0 Å². The molecule has 1 amide bonds. The quantitative estimate of drug-likeness (QED) is 0.694. The highest BCUT2D eigenvalue weighted by molar-refractivity contribution is 7.91. The summed E-state index contributed by atoms with van der Waals surface area (Å²) in [5.41, 5.74) is 2.99. The molecule has 1 atom stereocenters. The topological polar surface area (TPSA) is 71.8 Å². The Morgan fingerprint density at radius 1 is 1.19 bits per heavy atom. The third kappa shape index (κ3) is 3.60. The van der Waals surface area contributed by atoms with Gasteiger partial charge in [0.1, 0.15) is 11.3 Å². The Morgan fingerprint density at radius 2 is 1.96 bits per heavy atom. The Bertz CT molecular complexity index is 1090. The number of imidazole rings is 1. The summed E-state index contributed by atoms with van der Waals surface area (Å²) < 4.78 is 25.8. The Kier molecular flexibility index (Phi) is 4.47. The normalized spacial score (nSPS) is 18.6. The molecule has 1 aliphatic rings. The van der Waals surface area contributed by atoms with Gasteiger partial charge in [-0.05, 0) is 31.0 Å². The van der Waals surface area contributed by atoms with Crippen molar-refractivity contribution in [2.24, 2.45) is 0 Å². The van der Waals surface area contributed by atoms with Crippen LogP contribution in [0.5, 0.6) is 0 Å². The van der Waals surface area contributed by atoms with Crippen molar-refractivity contribution in [1.82, 2.24) is 14.3 Å². The van der Waals surface area contributed by atoms with Gasteiger partial charge in [-0.1, -0.05) is 36.4 Å². The molecule has 2 aromatic heterocycles. The lowest BCUT2D eigenvalue weighted by Crippen LogP contribution is -2.40. The van der Waals surface area contributed by atoms with E-state index in [9.17, 15) is 13.2 Å². The van der Waals surface area contributed by atoms with E-state index >= 15 is 0 Å². The van der Waals surface area contributed by atoms with Gasteiger partial charge in [-0.25, -0.2) is 13.4 Å². The van der Waals surface area contributed by atoms with E-state index in [1.807, 2.05) is 59.9 Å². The summed E-state index contributed by atoms with van der Waals surface area (Å²) in [6, 6.07) is 15.0. The van der Waals surface area contributed by atoms with Crippen LogP contribution >= 0.6 is 0 Å². The number of hydrogen-bond donors (Lipinski definition) is 0. The Labute approximate surface area is 158 Å². The minimum absolute atomic E-state index is 0.0119. The number of carbonyl (C=O) groups excluding carboxylic acids is 1. The number of sulfone groups is 1. The molecule has 140 valence electrons. The van der Waals surface area contributed by atoms with Crippen molar-refractivity contribution in [3.05, 3.63) is 71.7 Å². The summed E-state index contributed by atoms with van der Waals surface area (Å²) in [5, 5.41) is 0. The van der Waals surface area contributed by atoms with Crippen molar-refractivity contribution >= 4 is 21.4 Å². The van der Waals surface area contributed by atoms with Gasteiger partial charge in [-0.15, -0.1) is 0 Å². The number of rotatable bonds is 4. The first-order valence-electron chi connectivity index (χ1n) is 8.93. The zero-order valence-electron chi connectivity index (χ0n) is 15.1. The van der Waals surface area contributed by atoms with Gasteiger partial charge >= 0.3 is 0 Å². The van der Waals surface area contributed by atoms with E-state index in [1.54, 1.807) is 11.1 Å². The summed E-state index contributed by atoms with van der Waals surface area (Å²) in [6.07, 6.45) is 2.20. The van der Waals surface area contributed by atoms with Crippen molar-refractivity contribution in [3.63, 3.8) is 0 Å². The van der Waals surface area contributed by atoms with E-state index in [-0.39, 0.29) is 23.5 Å². The van der Waals surface area contributed by atoms with Gasteiger partial charge in [0, 0.05) is 24.5 Å². The SMILES string of the molecule is Cc1cccc2nc(C(=O)N(Cc3ccccc3)[C@@H]3CCS(=O)(=O)C3)cn12. The Balaban J connectivity index is 1.70. The molecule has 27 heavy (non-hydrogen) atoms. The average molecular weight is 383 g/mol. The van der Waals surface area contributed by atoms with Crippen LogP contribution in [0.2, 0.25) is 0 Å². The molecular formula is C20H21N3O3S. The fourth-order valence-electron chi connectivity index (χ4n) is 3.57. The van der Waals surface area contributed by atoms with Crippen molar-refractivity contribution in [3.8, 4) is 0 Å². The molecule has 7 heteroatoms. The van der Waals surface area contributed by atoms with Crippen LogP contribution in [0.3, 0.4) is 0 Å². The number of amides is 1. The largest absolute Gasteiger partial charge is 0.329 e. The van der Waals surface area contributed by atoms with E-state index in [0.29, 0.717) is 24.3 Å². The average Bonchev–Trinajstić information content (AvgIpc) is 3.24. The van der Waals surface area contributed by atoms with E-state index < -0.39 is 9.84 Å². The van der Waals surface area contributed by atoms with Gasteiger partial charge in [0.05, 0.1) is 11.5 Å². The molecule has 0 bridgehead atoms. The van der Waals surface area contributed by atoms with Crippen molar-refractivity contribution in [1.29, 1.82) is 0 Å². The fourth-order valence-corrected chi connectivity index (χ4v) is 5.30. The molecule has 0 unspecified atom stereocenters. The van der Waals surface area contributed by atoms with Crippen LogP contribution in [-0.4, -0.2) is 46.2 Å². The molecule has 1 aromatic carbocycles. The van der Waals surface area contributed by atoms with Gasteiger partial charge in [0.25, 0.3) is 5.91 Å². The van der Waals surface area contributed by atoms with Crippen LogP contribution in [0.4, 0.5) is 0 Å². The number of benzene rings is 1. The predicted molar refractivity (Wildman–Crippen MR) is 103 cm³/mol. The minimum Gasteiger partial charge on any atom is -0.329 e. The highest BCUT2D eigenvalue weighted by atomic mass is 32.2. The van der Waals surface area contributed by atoms with E-state index in [2.05, 4.69) is 4.98 Å². The zero-order chi connectivity index (χ0) is 19.0. The summed E-state index contributed by atoms with van der Waals surface area (Å²) in [6.45, 7) is 2.32. The number of aromatic nitrogens is 2. The summed E-state index contributed by atoms with van der Waals surface area (Å²) in [4.78, 5) is 19.4. The minimum atomic E-state index is -3.10. The monoisotopic (exact) mass is 383 g/mol. The molecule has 0 aliphatic carbocycles. The lowest BCUT2D eigenvalue weighted by Gasteiger charge is -2.27. The first kappa shape index (κ1) is 17.7. The van der Waals surface area contributed by atoms with Crippen molar-refractivity contribution in [2.75, 3.05) is 11.5 Å². The number of hydrogen-bond acceptors (Lipinski definition) is 4. The first-order chi connectivity index (χ1) is 12.9. The molecule has 3 heterocycles. The second-order valence-electron chi connectivity index (χ2n) is 7.00. The number of fused-ring (bicyclic) bond motifs is 1. The lowest BCUT2D eigenvalue weighted by molar-refractivity contribution is 0.0675. The van der Waals surface area contributed by atoms with Crippen molar-refractivity contribution < 1.29 is 13.2 Å². The highest BCUT2D eigenvalue weighted by Crippen LogP contribution is 2.22. The van der Waals surface area contributed by atoms with E-state index in [0.717, 1.165) is 11.3 Å². The van der Waals surface area contributed by atoms with Gasteiger partial charge in [0.2, 0.25) is 0 Å². The Hall–Kier alpha value is -2.67. The highest BCUT2D eigenvalue weighted by Gasteiger charge is 2.35. The summed E-state index contributed by atoms with van der Waals surface area (Å²) >= 11 is 0. The van der Waals surface area contributed by atoms with Crippen LogP contribution in [0.15, 0.2) is 54.7 Å². The number of aryl methyl sites for hydroxylation is 1. The van der Waals surface area contributed by atoms with Crippen LogP contribution < -0.4 is 0 Å². The number of pyridine rings is 1. The lowest BCUT2D eigenvalue weighted by atomic mass is 10.1. The smallest absolute Gasteiger partial charge is 0.274 e. The van der Waals surface area contributed by atoms with Crippen LogP contribution in [0, 0.1) is 6.92 Å². The molecule has 1 saturated heterocycles. The molecule has 0 radical (unpaired) electrons. The number of carbonyl (C=O) groups is 1. The third-order valence-electron chi connectivity index (χ3n) is 5.02. The van der Waals surface area contributed by atoms with E-state index in [4.69, 9.17) is 0 Å². The van der Waals surface area contributed by atoms with E-state index in [1.165, 1.54) is 0 Å². The molecule has 0 saturated carbocycles. The molecule has 6 nitrogen and oxygen atoms in total. The maximum atomic E-state index is 13.3. The first-order valence-corrected chi connectivity index (χ1v) is 10.8. The van der Waals surface area contributed by atoms with Crippen LogP contribution in [0.1, 0.15) is 28.2 Å². The molecule has 0 spiro atoms. The zero-order valence-corrected chi connectivity index (χ0v) is 15.9. The second-order valence-corrected chi connectivity index (χ2v) is 9.23. The van der Waals surface area contributed by atoms with Crippen LogP contribution in [-0.2, 0) is 16.4 Å². The molecule has 3 aromatic rings. The van der Waals surface area contributed by atoms with Gasteiger partial charge < -0.3 is 9.30 Å². The maximum absolute atomic E-state index is 13.3. The molecular weight excluding hydrogens is 362 g/mol. The summed E-state index contributed by atoms with van der Waals surface area (Å²) in [7, 11) is -3.10. The van der Waals surface area contributed by atoms with Crippen LogP contribution in [0.25, 0.3) is 5.65 Å². The third-order valence-corrected chi connectivity index (χ3v) is 6.77. The van der Waals surface area contributed by atoms with Crippen molar-refractivity contribution in [2.45, 2.75) is 25.9 Å². The Morgan fingerprint density at radius 3 is 2.63 bits per heavy atom. The maximum Gasteiger partial charge on any atom is 0.274 e. The molecule has 4 rings (SSSR count).